The predicted octanol–water partition coefficient (Wildman–Crippen LogP) is 3.01. The van der Waals surface area contributed by atoms with Crippen LogP contribution in [0.4, 0.5) is 4.39 Å². The maximum absolute atomic E-state index is 13.2. The molecule has 0 amide bonds. The Kier molecular flexibility index (Phi) is 3.92. The van der Waals surface area contributed by atoms with E-state index in [0.717, 1.165) is 25.0 Å². The number of carboxylic acid groups (broad SMARTS) is 1. The van der Waals surface area contributed by atoms with Gasteiger partial charge in [-0.05, 0) is 48.6 Å². The number of hydrogen-bond acceptors (Lipinski definition) is 3. The highest BCUT2D eigenvalue weighted by molar-refractivity contribution is 5.76. The van der Waals surface area contributed by atoms with Gasteiger partial charge in [-0.25, -0.2) is 4.39 Å². The first kappa shape index (κ1) is 16.0. The summed E-state index contributed by atoms with van der Waals surface area (Å²) in [4.78, 5) is 14.1. The lowest BCUT2D eigenvalue weighted by Gasteiger charge is -2.38. The minimum Gasteiger partial charge on any atom is -0.480 e. The molecule has 1 aromatic heterocycles. The van der Waals surface area contributed by atoms with Crippen molar-refractivity contribution in [3.05, 3.63) is 59.7 Å². The molecule has 0 radical (unpaired) electrons. The van der Waals surface area contributed by atoms with Crippen LogP contribution in [0.2, 0.25) is 0 Å². The highest BCUT2D eigenvalue weighted by Crippen LogP contribution is 2.43. The van der Waals surface area contributed by atoms with E-state index in [1.54, 1.807) is 18.3 Å². The van der Waals surface area contributed by atoms with Gasteiger partial charge in [-0.15, -0.1) is 0 Å². The monoisotopic (exact) mass is 341 g/mol. The Balaban J connectivity index is 1.68. The predicted molar refractivity (Wildman–Crippen MR) is 91.2 cm³/mol. The van der Waals surface area contributed by atoms with Crippen molar-refractivity contribution in [1.82, 2.24) is 14.7 Å². The molecule has 25 heavy (non-hydrogen) atoms. The largest absolute Gasteiger partial charge is 0.480 e. The van der Waals surface area contributed by atoms with E-state index in [4.69, 9.17) is 0 Å². The van der Waals surface area contributed by atoms with E-state index in [1.165, 1.54) is 17.7 Å². The Morgan fingerprint density at radius 1 is 1.28 bits per heavy atom. The van der Waals surface area contributed by atoms with Gasteiger partial charge in [-0.1, -0.05) is 18.2 Å². The molecule has 3 atom stereocenters. The molecule has 1 aromatic carbocycles. The third kappa shape index (κ3) is 2.76. The molecule has 0 saturated carbocycles. The number of aliphatic carboxylic acids is 1. The zero-order chi connectivity index (χ0) is 17.6. The van der Waals surface area contributed by atoms with Crippen LogP contribution in [0, 0.1) is 5.82 Å². The Hall–Kier alpha value is -2.47. The molecule has 1 saturated heterocycles. The molecule has 1 fully saturated rings. The topological polar surface area (TPSA) is 58.4 Å². The molecular formula is C19H20FN3O2. The summed E-state index contributed by atoms with van der Waals surface area (Å²) in [5.74, 6) is -1.24. The van der Waals surface area contributed by atoms with Crippen LogP contribution in [-0.4, -0.2) is 37.8 Å². The van der Waals surface area contributed by atoms with Gasteiger partial charge in [-0.2, -0.15) is 5.10 Å². The number of aryl methyl sites for hydroxylation is 1. The van der Waals surface area contributed by atoms with Crippen molar-refractivity contribution in [2.45, 2.75) is 37.4 Å². The van der Waals surface area contributed by atoms with Gasteiger partial charge in [-0.3, -0.25) is 14.4 Å². The number of halogens is 1. The van der Waals surface area contributed by atoms with E-state index in [0.29, 0.717) is 5.56 Å². The average molecular weight is 341 g/mol. The number of nitrogens with zero attached hydrogens (tertiary/aromatic N) is 3. The van der Waals surface area contributed by atoms with E-state index >= 15 is 0 Å². The quantitative estimate of drug-likeness (QED) is 0.929. The SMILES string of the molecule is Cn1nccc1C1=CC2CCC(C1)N2C(C(=O)O)c1ccc(F)cc1. The molecule has 2 aromatic rings. The van der Waals surface area contributed by atoms with Crippen LogP contribution in [-0.2, 0) is 11.8 Å². The molecule has 5 nitrogen and oxygen atoms in total. The van der Waals surface area contributed by atoms with E-state index in [9.17, 15) is 14.3 Å². The van der Waals surface area contributed by atoms with Gasteiger partial charge in [0.1, 0.15) is 11.9 Å². The molecule has 6 heteroatoms. The van der Waals surface area contributed by atoms with Gasteiger partial charge in [0.2, 0.25) is 0 Å². The van der Waals surface area contributed by atoms with Crippen molar-refractivity contribution >= 4 is 11.5 Å². The van der Waals surface area contributed by atoms with Crippen LogP contribution in [0.25, 0.3) is 5.57 Å². The van der Waals surface area contributed by atoms with Crippen molar-refractivity contribution in [2.24, 2.45) is 7.05 Å². The lowest BCUT2D eigenvalue weighted by atomic mass is 9.94. The maximum Gasteiger partial charge on any atom is 0.325 e. The number of fused-ring (bicyclic) bond motifs is 2. The van der Waals surface area contributed by atoms with Crippen molar-refractivity contribution in [3.63, 3.8) is 0 Å². The molecule has 2 aliphatic heterocycles. The van der Waals surface area contributed by atoms with Gasteiger partial charge >= 0.3 is 5.97 Å². The van der Waals surface area contributed by atoms with Crippen LogP contribution >= 0.6 is 0 Å². The summed E-state index contributed by atoms with van der Waals surface area (Å²) in [5.41, 5.74) is 2.94. The summed E-state index contributed by atoms with van der Waals surface area (Å²) in [5, 5.41) is 14.1. The third-order valence-electron chi connectivity index (χ3n) is 5.32. The molecule has 3 unspecified atom stereocenters. The first-order valence-corrected chi connectivity index (χ1v) is 8.49. The Morgan fingerprint density at radius 3 is 2.64 bits per heavy atom. The smallest absolute Gasteiger partial charge is 0.325 e. The highest BCUT2D eigenvalue weighted by atomic mass is 19.1. The fraction of sp³-hybridized carbons (Fsp3) is 0.368. The molecular weight excluding hydrogens is 321 g/mol. The van der Waals surface area contributed by atoms with Crippen molar-refractivity contribution in [2.75, 3.05) is 0 Å². The summed E-state index contributed by atoms with van der Waals surface area (Å²) < 4.78 is 15.1. The Morgan fingerprint density at radius 2 is 2.04 bits per heavy atom. The number of carboxylic acids is 1. The van der Waals surface area contributed by atoms with Gasteiger partial charge in [0, 0.05) is 25.3 Å². The lowest BCUT2D eigenvalue weighted by Crippen LogP contribution is -2.44. The summed E-state index contributed by atoms with van der Waals surface area (Å²) in [7, 11) is 1.92. The summed E-state index contributed by atoms with van der Waals surface area (Å²) >= 11 is 0. The first-order chi connectivity index (χ1) is 12.0. The normalized spacial score (nSPS) is 24.2. The average Bonchev–Trinajstić information content (AvgIpc) is 3.10. The molecule has 2 bridgehead atoms. The highest BCUT2D eigenvalue weighted by Gasteiger charge is 2.44. The Bertz CT molecular complexity index is 827. The van der Waals surface area contributed by atoms with E-state index < -0.39 is 12.0 Å². The summed E-state index contributed by atoms with van der Waals surface area (Å²) in [6.45, 7) is 0. The minimum absolute atomic E-state index is 0.0785. The minimum atomic E-state index is -0.888. The van der Waals surface area contributed by atoms with Crippen LogP contribution in [0.15, 0.2) is 42.6 Å². The second-order valence-electron chi connectivity index (χ2n) is 6.77. The standard InChI is InChI=1S/C19H20FN3O2/c1-22-17(8-9-21-22)13-10-15-6-7-16(11-13)23(15)18(19(24)25)12-2-4-14(20)5-3-12/h2-5,8-10,15-16,18H,6-7,11H2,1H3,(H,24,25). The van der Waals surface area contributed by atoms with Crippen molar-refractivity contribution < 1.29 is 14.3 Å². The fourth-order valence-corrected chi connectivity index (χ4v) is 4.23. The van der Waals surface area contributed by atoms with E-state index in [-0.39, 0.29) is 17.9 Å². The molecule has 3 heterocycles. The number of carbonyl (C=O) groups is 1. The second-order valence-corrected chi connectivity index (χ2v) is 6.77. The van der Waals surface area contributed by atoms with Crippen LogP contribution in [0.1, 0.15) is 36.6 Å². The molecule has 0 spiro atoms. The van der Waals surface area contributed by atoms with Crippen molar-refractivity contribution in [3.8, 4) is 0 Å². The summed E-state index contributed by atoms with van der Waals surface area (Å²) in [6.07, 6.45) is 6.68. The zero-order valence-electron chi connectivity index (χ0n) is 14.0. The van der Waals surface area contributed by atoms with Crippen LogP contribution in [0.5, 0.6) is 0 Å². The van der Waals surface area contributed by atoms with E-state index in [2.05, 4.69) is 16.1 Å². The number of hydrogen-bond donors (Lipinski definition) is 1. The Labute approximate surface area is 145 Å². The maximum atomic E-state index is 13.2. The molecule has 4 rings (SSSR count). The third-order valence-corrected chi connectivity index (χ3v) is 5.32. The number of benzene rings is 1. The van der Waals surface area contributed by atoms with E-state index in [1.807, 2.05) is 17.8 Å². The van der Waals surface area contributed by atoms with Gasteiger partial charge in [0.05, 0.1) is 5.69 Å². The molecule has 1 N–H and O–H groups in total. The van der Waals surface area contributed by atoms with Gasteiger partial charge in [0.15, 0.2) is 0 Å². The lowest BCUT2D eigenvalue weighted by molar-refractivity contribution is -0.144. The van der Waals surface area contributed by atoms with Crippen LogP contribution < -0.4 is 0 Å². The molecule has 2 aliphatic rings. The fourth-order valence-electron chi connectivity index (χ4n) is 4.23. The van der Waals surface area contributed by atoms with Gasteiger partial charge in [0.25, 0.3) is 0 Å². The van der Waals surface area contributed by atoms with Gasteiger partial charge < -0.3 is 5.11 Å². The second kappa shape index (κ2) is 6.11. The molecule has 130 valence electrons. The number of rotatable bonds is 4. The summed E-state index contributed by atoms with van der Waals surface area (Å²) in [6, 6.07) is 7.31. The first-order valence-electron chi connectivity index (χ1n) is 8.49. The zero-order valence-corrected chi connectivity index (χ0v) is 14.0. The number of aromatic nitrogens is 2. The molecule has 0 aliphatic carbocycles. The van der Waals surface area contributed by atoms with Crippen molar-refractivity contribution in [1.29, 1.82) is 0 Å². The van der Waals surface area contributed by atoms with Crippen LogP contribution in [0.3, 0.4) is 0 Å².